The lowest BCUT2D eigenvalue weighted by atomic mass is 10.2. The van der Waals surface area contributed by atoms with Crippen LogP contribution in [0, 0.1) is 6.92 Å². The minimum atomic E-state index is -0.519. The minimum absolute atomic E-state index is 0.226. The zero-order valence-corrected chi connectivity index (χ0v) is 13.5. The Morgan fingerprint density at radius 2 is 1.91 bits per heavy atom. The first-order chi connectivity index (χ1) is 11.0. The second kappa shape index (κ2) is 7.65. The molecule has 2 rings (SSSR count). The molecule has 5 nitrogen and oxygen atoms in total. The van der Waals surface area contributed by atoms with E-state index in [2.05, 4.69) is 10.1 Å². The number of nitrogens with one attached hydrogen (secondary N) is 1. The minimum Gasteiger partial charge on any atom is -0.483 e. The van der Waals surface area contributed by atoms with Crippen LogP contribution < -0.4 is 10.1 Å². The van der Waals surface area contributed by atoms with Crippen molar-refractivity contribution >= 4 is 29.2 Å². The number of carbonyl (C=O) groups excluding carboxylic acids is 2. The molecule has 0 bridgehead atoms. The number of halogens is 1. The van der Waals surface area contributed by atoms with E-state index in [1.165, 1.54) is 7.11 Å². The molecule has 1 amide bonds. The maximum Gasteiger partial charge on any atom is 0.341 e. The van der Waals surface area contributed by atoms with Crippen molar-refractivity contribution < 1.29 is 19.1 Å². The maximum absolute atomic E-state index is 12.0. The molecule has 0 aliphatic heterocycles. The van der Waals surface area contributed by atoms with Gasteiger partial charge in [-0.1, -0.05) is 23.7 Å². The summed E-state index contributed by atoms with van der Waals surface area (Å²) in [6.07, 6.45) is 0. The quantitative estimate of drug-likeness (QED) is 0.851. The maximum atomic E-state index is 12.0. The molecule has 0 atom stereocenters. The zero-order chi connectivity index (χ0) is 16.8. The van der Waals surface area contributed by atoms with Crippen LogP contribution in [0.15, 0.2) is 42.5 Å². The number of anilines is 1. The van der Waals surface area contributed by atoms with Crippen molar-refractivity contribution in [3.05, 3.63) is 58.6 Å². The number of hydrogen-bond donors (Lipinski definition) is 1. The smallest absolute Gasteiger partial charge is 0.341 e. The van der Waals surface area contributed by atoms with E-state index in [0.717, 1.165) is 5.56 Å². The van der Waals surface area contributed by atoms with Gasteiger partial charge in [-0.2, -0.15) is 0 Å². The monoisotopic (exact) mass is 333 g/mol. The first-order valence-corrected chi connectivity index (χ1v) is 7.25. The lowest BCUT2D eigenvalue weighted by Gasteiger charge is -2.11. The summed E-state index contributed by atoms with van der Waals surface area (Å²) in [4.78, 5) is 23.6. The van der Waals surface area contributed by atoms with Crippen LogP contribution in [0.25, 0.3) is 0 Å². The van der Waals surface area contributed by atoms with Gasteiger partial charge in [-0.25, -0.2) is 4.79 Å². The van der Waals surface area contributed by atoms with Gasteiger partial charge in [0, 0.05) is 10.7 Å². The second-order valence-corrected chi connectivity index (χ2v) is 5.22. The first kappa shape index (κ1) is 16.8. The Morgan fingerprint density at radius 3 is 2.61 bits per heavy atom. The molecule has 23 heavy (non-hydrogen) atoms. The number of amides is 1. The van der Waals surface area contributed by atoms with Crippen molar-refractivity contribution in [1.82, 2.24) is 0 Å². The van der Waals surface area contributed by atoms with Crippen molar-refractivity contribution in [2.75, 3.05) is 19.0 Å². The summed E-state index contributed by atoms with van der Waals surface area (Å²) in [6.45, 7) is 1.62. The Kier molecular flexibility index (Phi) is 5.60. The highest BCUT2D eigenvalue weighted by atomic mass is 35.5. The topological polar surface area (TPSA) is 64.6 Å². The third-order valence-corrected chi connectivity index (χ3v) is 3.35. The fraction of sp³-hybridized carbons (Fsp3) is 0.176. The molecular weight excluding hydrogens is 318 g/mol. The fourth-order valence-corrected chi connectivity index (χ4v) is 2.19. The van der Waals surface area contributed by atoms with Crippen molar-refractivity contribution in [3.63, 3.8) is 0 Å². The Labute approximate surface area is 139 Å². The molecule has 6 heteroatoms. The van der Waals surface area contributed by atoms with Crippen LogP contribution in [0.5, 0.6) is 5.75 Å². The second-order valence-electron chi connectivity index (χ2n) is 4.78. The van der Waals surface area contributed by atoms with Gasteiger partial charge in [0.2, 0.25) is 0 Å². The average molecular weight is 334 g/mol. The lowest BCUT2D eigenvalue weighted by molar-refractivity contribution is -0.118. The van der Waals surface area contributed by atoms with Gasteiger partial charge in [0.1, 0.15) is 11.3 Å². The van der Waals surface area contributed by atoms with Gasteiger partial charge in [-0.15, -0.1) is 0 Å². The van der Waals surface area contributed by atoms with Crippen LogP contribution >= 0.6 is 11.6 Å². The average Bonchev–Trinajstić information content (AvgIpc) is 2.55. The van der Waals surface area contributed by atoms with Crippen LogP contribution in [0.3, 0.4) is 0 Å². The highest BCUT2D eigenvalue weighted by molar-refractivity contribution is 6.30. The predicted octanol–water partition coefficient (Wildman–Crippen LogP) is 3.45. The van der Waals surface area contributed by atoms with Crippen LogP contribution in [-0.4, -0.2) is 25.6 Å². The fourth-order valence-electron chi connectivity index (χ4n) is 1.97. The molecule has 0 aliphatic carbocycles. The summed E-state index contributed by atoms with van der Waals surface area (Å²) in [6, 6.07) is 11.7. The Morgan fingerprint density at radius 1 is 1.17 bits per heavy atom. The summed E-state index contributed by atoms with van der Waals surface area (Å²) in [5, 5.41) is 3.33. The summed E-state index contributed by atoms with van der Waals surface area (Å²) in [5.41, 5.74) is 1.77. The Balaban J connectivity index is 2.01. The largest absolute Gasteiger partial charge is 0.483 e. The van der Waals surface area contributed by atoms with Crippen molar-refractivity contribution in [3.8, 4) is 5.75 Å². The van der Waals surface area contributed by atoms with Gasteiger partial charge < -0.3 is 14.8 Å². The summed E-state index contributed by atoms with van der Waals surface area (Å²) in [5.74, 6) is -0.563. The van der Waals surface area contributed by atoms with E-state index in [1.807, 2.05) is 6.92 Å². The van der Waals surface area contributed by atoms with Crippen molar-refractivity contribution in [2.45, 2.75) is 6.92 Å². The van der Waals surface area contributed by atoms with Gasteiger partial charge in [0.05, 0.1) is 7.11 Å². The molecule has 0 fully saturated rings. The number of carbonyl (C=O) groups is 2. The molecule has 0 heterocycles. The number of methoxy groups -OCH3 is 1. The van der Waals surface area contributed by atoms with Crippen LogP contribution in [-0.2, 0) is 9.53 Å². The number of ether oxygens (including phenoxy) is 2. The van der Waals surface area contributed by atoms with E-state index >= 15 is 0 Å². The molecule has 0 aromatic heterocycles. The van der Waals surface area contributed by atoms with Crippen molar-refractivity contribution in [2.24, 2.45) is 0 Å². The molecule has 0 saturated heterocycles. The van der Waals surface area contributed by atoms with Gasteiger partial charge in [0.15, 0.2) is 6.61 Å². The summed E-state index contributed by atoms with van der Waals surface area (Å²) >= 11 is 5.87. The highest BCUT2D eigenvalue weighted by Crippen LogP contribution is 2.21. The molecule has 0 spiro atoms. The van der Waals surface area contributed by atoms with E-state index in [0.29, 0.717) is 16.5 Å². The Bertz CT molecular complexity index is 730. The number of esters is 1. The van der Waals surface area contributed by atoms with E-state index in [9.17, 15) is 9.59 Å². The lowest BCUT2D eigenvalue weighted by Crippen LogP contribution is -2.21. The van der Waals surface area contributed by atoms with E-state index in [1.54, 1.807) is 42.5 Å². The molecular formula is C17H16ClNO4. The molecule has 2 aromatic carbocycles. The number of aryl methyl sites for hydroxylation is 1. The van der Waals surface area contributed by atoms with Crippen LogP contribution in [0.4, 0.5) is 5.69 Å². The number of hydrogen-bond acceptors (Lipinski definition) is 4. The van der Waals surface area contributed by atoms with E-state index in [-0.39, 0.29) is 18.1 Å². The molecule has 0 saturated carbocycles. The molecule has 1 N–H and O–H groups in total. The summed E-state index contributed by atoms with van der Waals surface area (Å²) < 4.78 is 10.1. The van der Waals surface area contributed by atoms with Crippen LogP contribution in [0.2, 0.25) is 5.02 Å². The number of benzene rings is 2. The molecule has 0 aliphatic rings. The molecule has 0 radical (unpaired) electrons. The highest BCUT2D eigenvalue weighted by Gasteiger charge is 2.13. The Hall–Kier alpha value is -2.53. The third-order valence-electron chi connectivity index (χ3n) is 3.11. The van der Waals surface area contributed by atoms with Gasteiger partial charge in [0.25, 0.3) is 5.91 Å². The van der Waals surface area contributed by atoms with Gasteiger partial charge in [-0.3, -0.25) is 4.79 Å². The third kappa shape index (κ3) is 4.47. The van der Waals surface area contributed by atoms with Crippen LogP contribution in [0.1, 0.15) is 15.9 Å². The first-order valence-electron chi connectivity index (χ1n) is 6.87. The van der Waals surface area contributed by atoms with Gasteiger partial charge >= 0.3 is 5.97 Å². The van der Waals surface area contributed by atoms with E-state index in [4.69, 9.17) is 16.3 Å². The molecule has 2 aromatic rings. The van der Waals surface area contributed by atoms with E-state index < -0.39 is 5.97 Å². The zero-order valence-electron chi connectivity index (χ0n) is 12.8. The SMILES string of the molecule is COC(=O)c1ccccc1OCC(=O)Nc1ccc(Cl)cc1C. The van der Waals surface area contributed by atoms with Crippen molar-refractivity contribution in [1.29, 1.82) is 0 Å². The standard InChI is InChI=1S/C17H16ClNO4/c1-11-9-12(18)7-8-14(11)19-16(20)10-23-15-6-4-3-5-13(15)17(21)22-2/h3-9H,10H2,1-2H3,(H,19,20). The molecule has 120 valence electrons. The predicted molar refractivity (Wildman–Crippen MR) is 88.1 cm³/mol. The number of para-hydroxylation sites is 1. The molecule has 0 unspecified atom stereocenters. The van der Waals surface area contributed by atoms with Gasteiger partial charge in [-0.05, 0) is 42.8 Å². The summed E-state index contributed by atoms with van der Waals surface area (Å²) in [7, 11) is 1.29. The normalized spacial score (nSPS) is 10.0. The number of rotatable bonds is 5.